The van der Waals surface area contributed by atoms with Crippen molar-refractivity contribution in [2.75, 3.05) is 18.1 Å². The number of carboxylic acid groups (broad SMARTS) is 2. The van der Waals surface area contributed by atoms with Crippen LogP contribution in [-0.2, 0) is 75.2 Å². The van der Waals surface area contributed by atoms with E-state index in [2.05, 4.69) is 78.4 Å². The maximum absolute atomic E-state index is 14.1. The van der Waals surface area contributed by atoms with Crippen LogP contribution >= 0.6 is 25.3 Å². The minimum Gasteiger partial charge on any atom is -0.481 e. The molecule has 31 heteroatoms. The molecule has 0 aromatic heterocycles. The SMILES string of the molecule is CC(C)C[C@H](NC(=O)[C@H](CC(N)=O)NC(=O)[C@H](CO)NC(=O)[C@H](Cc1ccccc1)NC(=O)[C@@H](NC(=O)[C@H](CCC(=O)O)NC(=O)[C@@H](N)CS)[C@@H](C)O)C(=O)N[C@@H](C)C(=O)N[C@@H](Cc1ccccc1)C(=O)N[C@@H](CC(C)C)C(=O)N[C@@H](CS)C(=O)O. The third-order valence-electron chi connectivity index (χ3n) is 12.8. The molecule has 0 aliphatic heterocycles. The highest BCUT2D eigenvalue weighted by Crippen LogP contribution is 2.12. The average Bonchev–Trinajstić information content (AvgIpc) is 2.37. The van der Waals surface area contributed by atoms with Crippen molar-refractivity contribution in [1.29, 1.82) is 0 Å². The summed E-state index contributed by atoms with van der Waals surface area (Å²) >= 11 is 7.93. The van der Waals surface area contributed by atoms with Crippen LogP contribution in [0.1, 0.15) is 84.8 Å². The summed E-state index contributed by atoms with van der Waals surface area (Å²) in [5, 5.41) is 63.8. The van der Waals surface area contributed by atoms with Crippen LogP contribution in [0.2, 0.25) is 0 Å². The Hall–Kier alpha value is -7.87. The van der Waals surface area contributed by atoms with Gasteiger partial charge in [-0.1, -0.05) is 88.4 Å². The highest BCUT2D eigenvalue weighted by molar-refractivity contribution is 7.80. The van der Waals surface area contributed by atoms with Gasteiger partial charge in [0, 0.05) is 30.8 Å². The first kappa shape index (κ1) is 74.2. The van der Waals surface area contributed by atoms with Crippen molar-refractivity contribution in [2.45, 2.75) is 159 Å². The number of aliphatic carboxylic acids is 2. The number of nitrogens with one attached hydrogen (secondary N) is 10. The molecular weight excluding hydrogens is 1160 g/mol. The summed E-state index contributed by atoms with van der Waals surface area (Å²) in [4.78, 5) is 172. The third-order valence-corrected chi connectivity index (χ3v) is 13.5. The molecule has 0 heterocycles. The first-order chi connectivity index (χ1) is 40.4. The summed E-state index contributed by atoms with van der Waals surface area (Å²) in [6.07, 6.45) is -4.07. The minimum atomic E-state index is -1.92. The standard InChI is InChI=1S/C55H82N12O17S2/c1-27(2)19-35(48(76)58-29(5)45(73)60-37(21-31-13-9-7-10-14-31)50(78)62-36(20-28(3)4)49(77)66-41(26-86)55(83)84)61-52(80)39(23-42(57)70)63-53(81)40(24-68)65-51(79)38(22-32-15-11-8-12-16-32)64-54(82)44(30(6)69)67-47(75)34(17-18-43(71)72)59-46(74)33(56)25-85/h7-16,27-30,33-41,44,68-69,85-86H,17-26,56H2,1-6H3,(H2,57,70)(H,58,76)(H,59,74)(H,60,73)(H,61,80)(H,62,78)(H,63,81)(H,64,82)(H,65,79)(H,66,77)(H,67,75)(H,71,72)(H,83,84)/t29-,30+,33-,34-,35-,36-,37-,38-,39-,40-,41-,44-/m0/s1. The van der Waals surface area contributed by atoms with Crippen molar-refractivity contribution in [3.63, 3.8) is 0 Å². The summed E-state index contributed by atoms with van der Waals surface area (Å²) < 4.78 is 0. The van der Waals surface area contributed by atoms with Gasteiger partial charge in [-0.2, -0.15) is 25.3 Å². The maximum atomic E-state index is 14.1. The lowest BCUT2D eigenvalue weighted by Gasteiger charge is -2.28. The van der Waals surface area contributed by atoms with Gasteiger partial charge in [-0.15, -0.1) is 0 Å². The van der Waals surface area contributed by atoms with Crippen molar-refractivity contribution >= 4 is 102 Å². The quantitative estimate of drug-likeness (QED) is 0.0284. The minimum absolute atomic E-state index is 0.0809. The van der Waals surface area contributed by atoms with Crippen molar-refractivity contribution in [3.05, 3.63) is 71.8 Å². The normalized spacial score (nSPS) is 15.3. The molecule has 2 rings (SSSR count). The van der Waals surface area contributed by atoms with Gasteiger partial charge >= 0.3 is 11.9 Å². The number of nitrogens with two attached hydrogens (primary N) is 2. The molecule has 2 aromatic carbocycles. The highest BCUT2D eigenvalue weighted by atomic mass is 32.1. The number of aliphatic hydroxyl groups is 2. The van der Waals surface area contributed by atoms with Gasteiger partial charge in [0.05, 0.1) is 25.2 Å². The molecule has 11 amide bonds. The molecule has 0 fully saturated rings. The lowest BCUT2D eigenvalue weighted by Crippen LogP contribution is -2.62. The number of hydrogen-bond acceptors (Lipinski definition) is 18. The molecule has 0 spiro atoms. The predicted octanol–water partition coefficient (Wildman–Crippen LogP) is -4.18. The number of carbonyl (C=O) groups excluding carboxylic acids is 11. The fourth-order valence-corrected chi connectivity index (χ4v) is 8.58. The zero-order valence-corrected chi connectivity index (χ0v) is 50.4. The second kappa shape index (κ2) is 37.5. The molecule has 0 aliphatic carbocycles. The zero-order chi connectivity index (χ0) is 65.0. The second-order valence-corrected chi connectivity index (χ2v) is 21.9. The highest BCUT2D eigenvalue weighted by Gasteiger charge is 2.37. The summed E-state index contributed by atoms with van der Waals surface area (Å²) in [6, 6.07) is -0.411. The molecule has 0 saturated heterocycles. The van der Waals surface area contributed by atoms with Gasteiger partial charge in [0.15, 0.2) is 0 Å². The van der Waals surface area contributed by atoms with Gasteiger partial charge in [-0.25, -0.2) is 4.79 Å². The van der Waals surface area contributed by atoms with E-state index in [0.717, 1.165) is 6.92 Å². The molecule has 0 unspecified atom stereocenters. The first-order valence-corrected chi connectivity index (χ1v) is 28.8. The zero-order valence-electron chi connectivity index (χ0n) is 48.6. The average molecular weight is 1250 g/mol. The Labute approximate surface area is 508 Å². The molecule has 476 valence electrons. The smallest absolute Gasteiger partial charge is 0.327 e. The molecule has 0 bridgehead atoms. The van der Waals surface area contributed by atoms with Gasteiger partial charge < -0.3 is 85.1 Å². The fourth-order valence-electron chi connectivity index (χ4n) is 8.17. The van der Waals surface area contributed by atoms with Crippen molar-refractivity contribution in [3.8, 4) is 0 Å². The molecule has 29 nitrogen and oxygen atoms in total. The van der Waals surface area contributed by atoms with E-state index in [1.54, 1.807) is 88.4 Å². The Morgan fingerprint density at radius 3 is 1.27 bits per heavy atom. The number of carboxylic acids is 2. The number of benzene rings is 2. The summed E-state index contributed by atoms with van der Waals surface area (Å²) in [7, 11) is 0. The van der Waals surface area contributed by atoms with Crippen molar-refractivity contribution in [1.82, 2.24) is 53.2 Å². The van der Waals surface area contributed by atoms with E-state index in [0.29, 0.717) is 11.1 Å². The molecule has 12 atom stereocenters. The van der Waals surface area contributed by atoms with Crippen LogP contribution in [0.15, 0.2) is 60.7 Å². The van der Waals surface area contributed by atoms with Gasteiger partial charge in [-0.05, 0) is 56.1 Å². The lowest BCUT2D eigenvalue weighted by atomic mass is 10.0. The molecule has 18 N–H and O–H groups in total. The number of hydrogen-bond donors (Lipinski definition) is 18. The Morgan fingerprint density at radius 2 is 0.849 bits per heavy atom. The van der Waals surface area contributed by atoms with E-state index >= 15 is 0 Å². The van der Waals surface area contributed by atoms with Gasteiger partial charge in [-0.3, -0.25) is 57.5 Å². The monoisotopic (exact) mass is 1250 g/mol. The summed E-state index contributed by atoms with van der Waals surface area (Å²) in [5.74, 6) is -14.8. The fraction of sp³-hybridized carbons (Fsp3) is 0.545. The Morgan fingerprint density at radius 1 is 0.465 bits per heavy atom. The summed E-state index contributed by atoms with van der Waals surface area (Å²) in [5.41, 5.74) is 12.2. The largest absolute Gasteiger partial charge is 0.481 e. The molecule has 0 saturated carbocycles. The number of aliphatic hydroxyl groups excluding tert-OH is 2. The van der Waals surface area contributed by atoms with E-state index in [1.165, 1.54) is 6.92 Å². The van der Waals surface area contributed by atoms with E-state index in [-0.39, 0.29) is 49.0 Å². The van der Waals surface area contributed by atoms with E-state index in [9.17, 15) is 82.8 Å². The van der Waals surface area contributed by atoms with E-state index in [1.807, 2.05) is 0 Å². The Kier molecular flexibility index (Phi) is 32.4. The molecule has 0 radical (unpaired) electrons. The maximum Gasteiger partial charge on any atom is 0.327 e. The van der Waals surface area contributed by atoms with Gasteiger partial charge in [0.1, 0.15) is 60.4 Å². The van der Waals surface area contributed by atoms with Gasteiger partial charge in [0.25, 0.3) is 0 Å². The number of carbonyl (C=O) groups is 13. The van der Waals surface area contributed by atoms with Crippen molar-refractivity contribution < 1.29 is 82.8 Å². The van der Waals surface area contributed by atoms with E-state index in [4.69, 9.17) is 11.5 Å². The molecular formula is C55H82N12O17S2. The molecule has 0 aliphatic rings. The van der Waals surface area contributed by atoms with Crippen LogP contribution in [0.5, 0.6) is 0 Å². The number of primary amides is 1. The first-order valence-electron chi connectivity index (χ1n) is 27.5. The Balaban J connectivity index is 2.38. The number of thiol groups is 2. The third kappa shape index (κ3) is 26.6. The van der Waals surface area contributed by atoms with E-state index < -0.39 is 175 Å². The number of amides is 11. The molecule has 2 aromatic rings. The van der Waals surface area contributed by atoms with Crippen LogP contribution < -0.4 is 64.6 Å². The van der Waals surface area contributed by atoms with Crippen LogP contribution in [0, 0.1) is 11.8 Å². The molecule has 86 heavy (non-hydrogen) atoms. The Bertz CT molecular complexity index is 2660. The van der Waals surface area contributed by atoms with Crippen LogP contribution in [0.4, 0.5) is 0 Å². The summed E-state index contributed by atoms with van der Waals surface area (Å²) in [6.45, 7) is 8.18. The van der Waals surface area contributed by atoms with Crippen LogP contribution in [0.3, 0.4) is 0 Å². The predicted molar refractivity (Wildman–Crippen MR) is 317 cm³/mol. The van der Waals surface area contributed by atoms with Gasteiger partial charge in [0.2, 0.25) is 65.0 Å². The number of rotatable bonds is 38. The van der Waals surface area contributed by atoms with Crippen LogP contribution in [0.25, 0.3) is 0 Å². The lowest BCUT2D eigenvalue weighted by molar-refractivity contribution is -0.141. The second-order valence-electron chi connectivity index (χ2n) is 21.2. The van der Waals surface area contributed by atoms with Crippen molar-refractivity contribution in [2.24, 2.45) is 23.3 Å². The topological polar surface area (TPSA) is 475 Å². The van der Waals surface area contributed by atoms with Crippen LogP contribution in [-0.4, -0.2) is 188 Å².